The molecular weight excluding hydrogens is 186 g/mol. The van der Waals surface area contributed by atoms with E-state index in [1.165, 1.54) is 0 Å². The highest BCUT2D eigenvalue weighted by Gasteiger charge is 2.12. The van der Waals surface area contributed by atoms with Gasteiger partial charge in [-0.1, -0.05) is 0 Å². The Labute approximate surface area is 82.1 Å². The molecule has 0 amide bonds. The van der Waals surface area contributed by atoms with Crippen LogP contribution in [0, 0.1) is 0 Å². The number of aromatic nitrogens is 1. The zero-order valence-electron chi connectivity index (χ0n) is 7.73. The molecule has 1 aromatic rings. The molecule has 0 aliphatic heterocycles. The van der Waals surface area contributed by atoms with Gasteiger partial charge in [-0.25, -0.2) is 0 Å². The number of ether oxygens (including phenoxy) is 1. The summed E-state index contributed by atoms with van der Waals surface area (Å²) < 4.78 is 5.08. The first-order chi connectivity index (χ1) is 6.29. The second-order valence-corrected chi connectivity index (χ2v) is 3.47. The van der Waals surface area contributed by atoms with Crippen molar-refractivity contribution in [3.8, 4) is 5.75 Å². The number of thioether (sulfide) groups is 1. The fourth-order valence-corrected chi connectivity index (χ4v) is 1.54. The summed E-state index contributed by atoms with van der Waals surface area (Å²) in [6.07, 6.45) is 3.05. The molecule has 1 rings (SSSR count). The van der Waals surface area contributed by atoms with Gasteiger partial charge in [-0.3, -0.25) is 4.98 Å². The number of pyridine rings is 1. The largest absolute Gasteiger partial charge is 0.495 e. The van der Waals surface area contributed by atoms with Gasteiger partial charge < -0.3 is 9.84 Å². The molecule has 1 heterocycles. The highest BCUT2D eigenvalue weighted by atomic mass is 32.2. The maximum atomic E-state index is 9.67. The van der Waals surface area contributed by atoms with Crippen molar-refractivity contribution in [1.82, 2.24) is 4.98 Å². The van der Waals surface area contributed by atoms with E-state index in [2.05, 4.69) is 4.98 Å². The lowest BCUT2D eigenvalue weighted by Crippen LogP contribution is -2.05. The number of aliphatic hydroxyl groups excluding tert-OH is 1. The Bertz CT molecular complexity index is 268. The van der Waals surface area contributed by atoms with Gasteiger partial charge in [0.1, 0.15) is 17.5 Å². The van der Waals surface area contributed by atoms with Gasteiger partial charge in [0.2, 0.25) is 0 Å². The molecule has 1 aromatic heterocycles. The fourth-order valence-electron chi connectivity index (χ4n) is 1.06. The molecule has 4 heteroatoms. The van der Waals surface area contributed by atoms with Crippen molar-refractivity contribution in [2.45, 2.75) is 6.10 Å². The molecule has 0 saturated carbocycles. The Morgan fingerprint density at radius 3 is 3.08 bits per heavy atom. The Hall–Kier alpha value is -0.740. The van der Waals surface area contributed by atoms with E-state index in [1.54, 1.807) is 37.2 Å². The Morgan fingerprint density at radius 1 is 1.69 bits per heavy atom. The average Bonchev–Trinajstić information content (AvgIpc) is 2.18. The molecule has 0 aliphatic carbocycles. The van der Waals surface area contributed by atoms with Gasteiger partial charge in [-0.05, 0) is 18.4 Å². The van der Waals surface area contributed by atoms with Crippen LogP contribution in [0.3, 0.4) is 0 Å². The average molecular weight is 199 g/mol. The van der Waals surface area contributed by atoms with Crippen molar-refractivity contribution >= 4 is 11.8 Å². The van der Waals surface area contributed by atoms with Crippen molar-refractivity contribution in [3.63, 3.8) is 0 Å². The maximum absolute atomic E-state index is 9.67. The highest BCUT2D eigenvalue weighted by molar-refractivity contribution is 7.98. The van der Waals surface area contributed by atoms with Crippen molar-refractivity contribution in [2.24, 2.45) is 0 Å². The van der Waals surface area contributed by atoms with Gasteiger partial charge in [0.05, 0.1) is 7.11 Å². The number of aliphatic hydroxyl groups is 1. The van der Waals surface area contributed by atoms with Crippen LogP contribution in [0.1, 0.15) is 11.8 Å². The smallest absolute Gasteiger partial charge is 0.143 e. The lowest BCUT2D eigenvalue weighted by Gasteiger charge is -2.11. The van der Waals surface area contributed by atoms with E-state index in [-0.39, 0.29) is 0 Å². The highest BCUT2D eigenvalue weighted by Crippen LogP contribution is 2.23. The van der Waals surface area contributed by atoms with E-state index in [1.807, 2.05) is 6.26 Å². The van der Waals surface area contributed by atoms with Crippen LogP contribution in [0.15, 0.2) is 18.3 Å². The van der Waals surface area contributed by atoms with Crippen molar-refractivity contribution in [3.05, 3.63) is 24.0 Å². The van der Waals surface area contributed by atoms with Crippen LogP contribution in [-0.2, 0) is 0 Å². The monoisotopic (exact) mass is 199 g/mol. The van der Waals surface area contributed by atoms with Crippen LogP contribution in [0.2, 0.25) is 0 Å². The van der Waals surface area contributed by atoms with Gasteiger partial charge in [0.25, 0.3) is 0 Å². The minimum absolute atomic E-state index is 0.550. The molecule has 13 heavy (non-hydrogen) atoms. The summed E-state index contributed by atoms with van der Waals surface area (Å²) in [6, 6.07) is 3.58. The molecule has 0 radical (unpaired) electrons. The number of rotatable bonds is 4. The number of methoxy groups -OCH3 is 1. The minimum atomic E-state index is -0.550. The van der Waals surface area contributed by atoms with Gasteiger partial charge in [0, 0.05) is 11.9 Å². The normalized spacial score (nSPS) is 12.5. The van der Waals surface area contributed by atoms with Gasteiger partial charge in [-0.2, -0.15) is 11.8 Å². The van der Waals surface area contributed by atoms with Crippen molar-refractivity contribution in [1.29, 1.82) is 0 Å². The predicted molar refractivity (Wildman–Crippen MR) is 54.1 cm³/mol. The third kappa shape index (κ3) is 2.60. The van der Waals surface area contributed by atoms with Crippen LogP contribution in [-0.4, -0.2) is 29.2 Å². The molecule has 0 bridgehead atoms. The first-order valence-electron chi connectivity index (χ1n) is 3.95. The summed E-state index contributed by atoms with van der Waals surface area (Å²) in [7, 11) is 1.58. The maximum Gasteiger partial charge on any atom is 0.143 e. The van der Waals surface area contributed by atoms with Gasteiger partial charge >= 0.3 is 0 Å². The second-order valence-electron chi connectivity index (χ2n) is 2.56. The molecule has 1 unspecified atom stereocenters. The van der Waals surface area contributed by atoms with Crippen LogP contribution >= 0.6 is 11.8 Å². The molecule has 1 atom stereocenters. The zero-order valence-corrected chi connectivity index (χ0v) is 8.54. The summed E-state index contributed by atoms with van der Waals surface area (Å²) in [5.74, 6) is 1.27. The molecular formula is C9H13NO2S. The summed E-state index contributed by atoms with van der Waals surface area (Å²) >= 11 is 1.58. The van der Waals surface area contributed by atoms with Crippen LogP contribution in [0.25, 0.3) is 0 Å². The van der Waals surface area contributed by atoms with E-state index in [4.69, 9.17) is 4.74 Å². The van der Waals surface area contributed by atoms with E-state index in [9.17, 15) is 5.11 Å². The lowest BCUT2D eigenvalue weighted by molar-refractivity contribution is 0.193. The SMILES string of the molecule is COc1cccnc1C(O)CSC. The Morgan fingerprint density at radius 2 is 2.46 bits per heavy atom. The van der Waals surface area contributed by atoms with E-state index in [0.29, 0.717) is 17.2 Å². The first kappa shape index (κ1) is 10.3. The number of hydrogen-bond acceptors (Lipinski definition) is 4. The van der Waals surface area contributed by atoms with Gasteiger partial charge in [-0.15, -0.1) is 0 Å². The summed E-state index contributed by atoms with van der Waals surface area (Å²) in [5.41, 5.74) is 0.611. The van der Waals surface area contributed by atoms with E-state index in [0.717, 1.165) is 0 Å². The topological polar surface area (TPSA) is 42.4 Å². The quantitative estimate of drug-likeness (QED) is 0.797. The standard InChI is InChI=1S/C9H13NO2S/c1-12-8-4-3-5-10-9(8)7(11)6-13-2/h3-5,7,11H,6H2,1-2H3. The van der Waals surface area contributed by atoms with Crippen LogP contribution < -0.4 is 4.74 Å². The molecule has 0 aliphatic rings. The third-order valence-electron chi connectivity index (χ3n) is 1.66. The molecule has 0 spiro atoms. The van der Waals surface area contributed by atoms with Gasteiger partial charge in [0.15, 0.2) is 0 Å². The van der Waals surface area contributed by atoms with Crippen molar-refractivity contribution in [2.75, 3.05) is 19.1 Å². The molecule has 72 valence electrons. The molecule has 0 aromatic carbocycles. The van der Waals surface area contributed by atoms with E-state index >= 15 is 0 Å². The second kappa shape index (κ2) is 5.09. The lowest BCUT2D eigenvalue weighted by atomic mass is 10.2. The molecule has 3 nitrogen and oxygen atoms in total. The third-order valence-corrected chi connectivity index (χ3v) is 2.31. The van der Waals surface area contributed by atoms with Crippen LogP contribution in [0.4, 0.5) is 0 Å². The molecule has 0 fully saturated rings. The van der Waals surface area contributed by atoms with Crippen molar-refractivity contribution < 1.29 is 9.84 Å². The minimum Gasteiger partial charge on any atom is -0.495 e. The predicted octanol–water partition coefficient (Wildman–Crippen LogP) is 1.49. The summed E-state index contributed by atoms with van der Waals surface area (Å²) in [4.78, 5) is 4.08. The Balaban J connectivity index is 2.85. The zero-order chi connectivity index (χ0) is 9.68. The molecule has 1 N–H and O–H groups in total. The van der Waals surface area contributed by atoms with Crippen LogP contribution in [0.5, 0.6) is 5.75 Å². The summed E-state index contributed by atoms with van der Waals surface area (Å²) in [6.45, 7) is 0. The number of hydrogen-bond donors (Lipinski definition) is 1. The fraction of sp³-hybridized carbons (Fsp3) is 0.444. The molecule has 0 saturated heterocycles. The Kier molecular flexibility index (Phi) is 4.05. The van der Waals surface area contributed by atoms with E-state index < -0.39 is 6.10 Å². The number of nitrogens with zero attached hydrogens (tertiary/aromatic N) is 1. The summed E-state index contributed by atoms with van der Waals surface area (Å²) in [5, 5.41) is 9.67. The first-order valence-corrected chi connectivity index (χ1v) is 5.35.